The number of hydrogen-bond donors (Lipinski definition) is 0. The van der Waals surface area contributed by atoms with Gasteiger partial charge in [-0.1, -0.05) is 79.7 Å². The molecule has 646 valence electrons. The molecule has 0 N–H and O–H groups in total. The molecule has 16 rings (SSSR count). The highest BCUT2D eigenvalue weighted by Gasteiger charge is 2.65. The van der Waals surface area contributed by atoms with Crippen molar-refractivity contribution < 1.29 is 119 Å². The molecule has 16 fully saturated rings. The third kappa shape index (κ3) is 31.3. The first-order valence-electron chi connectivity index (χ1n) is 44.5. The van der Waals surface area contributed by atoms with Gasteiger partial charge in [-0.15, -0.1) is 0 Å². The van der Waals surface area contributed by atoms with Crippen LogP contribution < -0.4 is 0 Å². The molecule has 14 heterocycles. The summed E-state index contributed by atoms with van der Waals surface area (Å²) in [7, 11) is 12.4. The van der Waals surface area contributed by atoms with Gasteiger partial charge in [0.1, 0.15) is 24.4 Å². The molecule has 0 aromatic heterocycles. The Bertz CT molecular complexity index is 2870. The Kier molecular flexibility index (Phi) is 45.1. The summed E-state index contributed by atoms with van der Waals surface area (Å²) in [5.74, 6) is 3.70. The first-order valence-corrected chi connectivity index (χ1v) is 58.7. The molecule has 16 aliphatic rings. The molecule has 14 aliphatic heterocycles. The van der Waals surface area contributed by atoms with Crippen LogP contribution in [0.1, 0.15) is 173 Å². The molecule has 113 heavy (non-hydrogen) atoms. The zero-order chi connectivity index (χ0) is 81.7. The topological polar surface area (TPSA) is 309 Å². The lowest BCUT2D eigenvalue weighted by Crippen LogP contribution is -2.39. The smallest absolute Gasteiger partial charge is 0.312 e. The SMILES string of the molecule is O=C1CC(CCC[SiH3])CO1.O=C1CC(CC[SiH3])CO1.O=C1CC(C[SiH3])CO1.O=C1CC2(CO1)CC1CC2CC1OCCC[SiH3].O=C1CCC(CCC[SiH3])O1.O=C1CCC(CC[SiH3])O1.O=C1OC2C(OCCC[SiH3])C3CC1C2O3.O=C1OCC2C3CC(OCCC[SiH3])C(O3)C12.O=C1OCCC1CCC[SiH3].O=C1OCCC1CC[SiH3]. The van der Waals surface area contributed by atoms with Gasteiger partial charge in [0.05, 0.1) is 126 Å². The molecular weight excluding hydrogens is 1620 g/mol. The van der Waals surface area contributed by atoms with E-state index in [0.29, 0.717) is 126 Å². The molecule has 25 nitrogen and oxygen atoms in total. The highest BCUT2D eigenvalue weighted by atomic mass is 28.2. The number of fused-ring (bicyclic) bond motifs is 9. The van der Waals surface area contributed by atoms with Gasteiger partial charge >= 0.3 is 59.7 Å². The molecule has 21 atom stereocenters. The third-order valence-corrected chi connectivity index (χ3v) is 31.8. The van der Waals surface area contributed by atoms with E-state index in [4.69, 9.17) is 71.1 Å². The Hall–Kier alpha value is -3.33. The summed E-state index contributed by atoms with van der Waals surface area (Å²) in [5.41, 5.74) is 0.208. The second-order valence-electron chi connectivity index (χ2n) is 33.7. The molecule has 0 aromatic carbocycles. The fourth-order valence-electron chi connectivity index (χ4n) is 17.9. The average Bonchev–Trinajstić information content (AvgIpc) is 1.59. The minimum absolute atomic E-state index is 0.00145. The summed E-state index contributed by atoms with van der Waals surface area (Å²) in [6.45, 7) is 7.13. The van der Waals surface area contributed by atoms with Crippen molar-refractivity contribution in [3.63, 3.8) is 0 Å². The normalized spacial score (nSPS) is 34.2. The van der Waals surface area contributed by atoms with Crippen molar-refractivity contribution in [3.8, 4) is 0 Å². The number of esters is 10. The lowest BCUT2D eigenvalue weighted by atomic mass is 9.72. The fraction of sp³-hybridized carbons (Fsp3) is 0.872. The zero-order valence-corrected chi connectivity index (χ0v) is 90.5. The van der Waals surface area contributed by atoms with Gasteiger partial charge < -0.3 is 71.1 Å². The van der Waals surface area contributed by atoms with E-state index in [-0.39, 0.29) is 144 Å². The van der Waals surface area contributed by atoms with Gasteiger partial charge in [0.2, 0.25) is 0 Å². The molecular formula is C78H144O25Si10. The van der Waals surface area contributed by atoms with E-state index in [2.05, 4.69) is 0 Å². The molecule has 2 aliphatic carbocycles. The summed E-state index contributed by atoms with van der Waals surface area (Å²) in [6.07, 6.45) is 28.4. The van der Waals surface area contributed by atoms with Crippen LogP contribution in [0.5, 0.6) is 0 Å². The maximum Gasteiger partial charge on any atom is 0.312 e. The van der Waals surface area contributed by atoms with Crippen LogP contribution in [0, 0.1) is 64.6 Å². The zero-order valence-electron chi connectivity index (χ0n) is 70.5. The van der Waals surface area contributed by atoms with E-state index < -0.39 is 0 Å². The molecule has 2 saturated carbocycles. The van der Waals surface area contributed by atoms with E-state index in [1.165, 1.54) is 214 Å². The maximum atomic E-state index is 11.6. The summed E-state index contributed by atoms with van der Waals surface area (Å²) < 4.78 is 78.8. The van der Waals surface area contributed by atoms with Crippen LogP contribution in [-0.4, -0.2) is 289 Å². The molecule has 1 spiro atoms. The lowest BCUT2D eigenvalue weighted by molar-refractivity contribution is -0.147. The summed E-state index contributed by atoms with van der Waals surface area (Å²) in [4.78, 5) is 109. The molecule has 14 saturated heterocycles. The Balaban J connectivity index is 0.000000176. The van der Waals surface area contributed by atoms with E-state index >= 15 is 0 Å². The van der Waals surface area contributed by atoms with Crippen molar-refractivity contribution >= 4 is 162 Å². The van der Waals surface area contributed by atoms with Gasteiger partial charge in [0.15, 0.2) is 6.10 Å². The molecule has 35 heteroatoms. The molecule has 0 aromatic rings. The highest BCUT2D eigenvalue weighted by Crippen LogP contribution is 2.60. The van der Waals surface area contributed by atoms with Gasteiger partial charge in [-0.05, 0) is 121 Å². The van der Waals surface area contributed by atoms with Crippen LogP contribution in [0.25, 0.3) is 0 Å². The standard InChI is InChI=1S/C13H22O3Si.C11H18O4Si.C10H16O4Si.3C7H14O2Si.3C6H12O2Si.C5H10O2Si/c14-12-7-13(8-16-12)6-9-4-10(13)5-11(9)15-2-1-3-17;12-11-9-6(5-14-11)7-4-8(10(9)15-7)13-2-1-3-16;11-10-5-4-6-8(12-2-1-3-15)9(14-10)7(5)13-6;8-7-6(2-1-5-10)3-4-9-7;8-7-4-3-6(9-7)2-1-5-10;8-7-4-6(5-9-7)2-1-3-10;7-6-5(2-4-9)1-3-8-6;7-6-3-5(1-2-9)4-8-6;7-6-2-1-5(8-6)3-4-9;6-5-1-4(3-8)2-7-5/h9-11H,1-8H2,17H3;6-10H,1-5H2,16H3;5-9H,1-4H2,15H3;3*6H,1-5H2,10H3;3*5H,1-4H2,9H3;4H,1-3H2,8H3. The van der Waals surface area contributed by atoms with Gasteiger partial charge in [-0.25, -0.2) is 0 Å². The minimum Gasteiger partial charge on any atom is -0.465 e. The Morgan fingerprint density at radius 3 is 1.39 bits per heavy atom. The Morgan fingerprint density at radius 2 is 0.912 bits per heavy atom. The van der Waals surface area contributed by atoms with Crippen molar-refractivity contribution in [2.75, 3.05) is 66.1 Å². The third-order valence-electron chi connectivity index (χ3n) is 24.7. The van der Waals surface area contributed by atoms with Crippen LogP contribution in [0.2, 0.25) is 60.4 Å². The molecule has 0 amide bonds. The molecule has 21 unspecified atom stereocenters. The fourth-order valence-corrected chi connectivity index (χ4v) is 22.7. The number of ether oxygens (including phenoxy) is 15. The van der Waals surface area contributed by atoms with Crippen molar-refractivity contribution in [2.24, 2.45) is 64.6 Å². The average molecular weight is 1760 g/mol. The van der Waals surface area contributed by atoms with Crippen LogP contribution >= 0.6 is 0 Å². The summed E-state index contributed by atoms with van der Waals surface area (Å²) >= 11 is 0. The number of carbonyl (C=O) groups excluding carboxylic acids is 10. The van der Waals surface area contributed by atoms with Crippen LogP contribution in [-0.2, 0) is 119 Å². The predicted octanol–water partition coefficient (Wildman–Crippen LogP) is -1.20. The summed E-state index contributed by atoms with van der Waals surface area (Å²) in [6, 6.07) is 12.8. The molecule has 6 bridgehead atoms. The summed E-state index contributed by atoms with van der Waals surface area (Å²) in [5, 5.41) is 0. The Morgan fingerprint density at radius 1 is 0.389 bits per heavy atom. The van der Waals surface area contributed by atoms with Crippen molar-refractivity contribution in [2.45, 2.75) is 295 Å². The second-order valence-corrected chi connectivity index (χ2v) is 43.5. The number of carbonyl (C=O) groups is 10. The van der Waals surface area contributed by atoms with E-state index in [1.807, 2.05) is 0 Å². The first-order chi connectivity index (χ1) is 54.7. The monoisotopic (exact) mass is 1760 g/mol. The number of rotatable bonds is 28. The maximum absolute atomic E-state index is 11.6. The largest absolute Gasteiger partial charge is 0.465 e. The predicted molar refractivity (Wildman–Crippen MR) is 462 cm³/mol. The van der Waals surface area contributed by atoms with Gasteiger partial charge in [-0.2, -0.15) is 0 Å². The van der Waals surface area contributed by atoms with Crippen LogP contribution in [0.15, 0.2) is 0 Å². The van der Waals surface area contributed by atoms with Crippen molar-refractivity contribution in [1.82, 2.24) is 0 Å². The number of cyclic esters (lactones) is 9. The molecule has 0 radical (unpaired) electrons. The van der Waals surface area contributed by atoms with Gasteiger partial charge in [0.25, 0.3) is 0 Å². The van der Waals surface area contributed by atoms with Gasteiger partial charge in [0, 0.05) is 171 Å². The first kappa shape index (κ1) is 96.8. The van der Waals surface area contributed by atoms with Crippen molar-refractivity contribution in [3.05, 3.63) is 0 Å². The van der Waals surface area contributed by atoms with Crippen LogP contribution in [0.4, 0.5) is 0 Å². The van der Waals surface area contributed by atoms with Gasteiger partial charge in [-0.3, -0.25) is 47.9 Å². The second kappa shape index (κ2) is 52.7. The van der Waals surface area contributed by atoms with E-state index in [1.54, 1.807) is 0 Å². The highest BCUT2D eigenvalue weighted by molar-refractivity contribution is 6.10. The minimum atomic E-state index is -0.115. The van der Waals surface area contributed by atoms with Crippen molar-refractivity contribution in [1.29, 1.82) is 0 Å². The lowest BCUT2D eigenvalue weighted by Gasteiger charge is -2.34. The number of hydrogen-bond acceptors (Lipinski definition) is 25. The Labute approximate surface area is 702 Å². The van der Waals surface area contributed by atoms with E-state index in [0.717, 1.165) is 103 Å². The van der Waals surface area contributed by atoms with E-state index in [9.17, 15) is 47.9 Å². The quantitative estimate of drug-likeness (QED) is 0.0384. The van der Waals surface area contributed by atoms with Crippen LogP contribution in [0.3, 0.4) is 0 Å².